The predicted molar refractivity (Wildman–Crippen MR) is 68.4 cm³/mol. The fourth-order valence-corrected chi connectivity index (χ4v) is 2.36. The van der Waals surface area contributed by atoms with E-state index in [1.807, 2.05) is 12.1 Å². The highest BCUT2D eigenvalue weighted by Gasteiger charge is 2.17. The Labute approximate surface area is 103 Å². The van der Waals surface area contributed by atoms with Crippen LogP contribution in [0.15, 0.2) is 24.3 Å². The molecule has 1 unspecified atom stereocenters. The van der Waals surface area contributed by atoms with Crippen LogP contribution >= 0.6 is 0 Å². The molecule has 1 aromatic carbocycles. The van der Waals surface area contributed by atoms with Gasteiger partial charge in [0, 0.05) is 24.7 Å². The molecule has 17 heavy (non-hydrogen) atoms. The van der Waals surface area contributed by atoms with Crippen molar-refractivity contribution in [1.29, 1.82) is 0 Å². The molecule has 0 aromatic heterocycles. The predicted octanol–water partition coefficient (Wildman–Crippen LogP) is 2.40. The zero-order chi connectivity index (χ0) is 12.1. The lowest BCUT2D eigenvalue weighted by atomic mass is 10.1. The Morgan fingerprint density at radius 3 is 3.00 bits per heavy atom. The first kappa shape index (κ1) is 12.5. The van der Waals surface area contributed by atoms with E-state index in [2.05, 4.69) is 17.1 Å². The molecule has 0 bridgehead atoms. The van der Waals surface area contributed by atoms with Gasteiger partial charge in [0.2, 0.25) is 0 Å². The summed E-state index contributed by atoms with van der Waals surface area (Å²) in [5, 5.41) is 3.53. The molecule has 1 atom stereocenters. The van der Waals surface area contributed by atoms with E-state index in [1.54, 1.807) is 12.1 Å². The minimum atomic E-state index is -0.0854. The third-order valence-corrected chi connectivity index (χ3v) is 3.41. The summed E-state index contributed by atoms with van der Waals surface area (Å²) in [5.74, 6) is -0.0854. The summed E-state index contributed by atoms with van der Waals surface area (Å²) in [7, 11) is 0. The van der Waals surface area contributed by atoms with E-state index in [0.717, 1.165) is 44.6 Å². The second-order valence-corrected chi connectivity index (χ2v) is 4.74. The van der Waals surface area contributed by atoms with Gasteiger partial charge < -0.3 is 5.32 Å². The van der Waals surface area contributed by atoms with Crippen molar-refractivity contribution >= 4 is 0 Å². The molecule has 2 rings (SSSR count). The van der Waals surface area contributed by atoms with E-state index < -0.39 is 0 Å². The maximum absolute atomic E-state index is 13.6. The van der Waals surface area contributed by atoms with Crippen molar-refractivity contribution in [2.75, 3.05) is 19.6 Å². The molecule has 2 nitrogen and oxygen atoms in total. The quantitative estimate of drug-likeness (QED) is 0.867. The zero-order valence-electron chi connectivity index (χ0n) is 10.5. The number of benzene rings is 1. The molecular weight excluding hydrogens is 215 g/mol. The van der Waals surface area contributed by atoms with Crippen molar-refractivity contribution in [2.45, 2.75) is 32.4 Å². The Kier molecular flexibility index (Phi) is 4.51. The highest BCUT2D eigenvalue weighted by Crippen LogP contribution is 2.12. The minimum Gasteiger partial charge on any atom is -0.313 e. The molecule has 0 radical (unpaired) electrons. The van der Waals surface area contributed by atoms with Gasteiger partial charge in [0.25, 0.3) is 0 Å². The van der Waals surface area contributed by atoms with Crippen LogP contribution in [0.3, 0.4) is 0 Å². The molecule has 1 aliphatic rings. The lowest BCUT2D eigenvalue weighted by molar-refractivity contribution is 0.254. The van der Waals surface area contributed by atoms with Crippen LogP contribution in [0.1, 0.15) is 25.3 Å². The van der Waals surface area contributed by atoms with Gasteiger partial charge >= 0.3 is 0 Å². The van der Waals surface area contributed by atoms with Crippen molar-refractivity contribution in [3.63, 3.8) is 0 Å². The Balaban J connectivity index is 2.00. The van der Waals surface area contributed by atoms with Gasteiger partial charge in [0.15, 0.2) is 0 Å². The molecule has 1 fully saturated rings. The van der Waals surface area contributed by atoms with Crippen LogP contribution in [0.5, 0.6) is 0 Å². The third kappa shape index (κ3) is 3.51. The maximum atomic E-state index is 13.6. The normalized spacial score (nSPS) is 22.4. The molecule has 1 aliphatic heterocycles. The Morgan fingerprint density at radius 1 is 1.41 bits per heavy atom. The molecule has 1 aromatic rings. The topological polar surface area (TPSA) is 15.3 Å². The summed E-state index contributed by atoms with van der Waals surface area (Å²) >= 11 is 0. The van der Waals surface area contributed by atoms with Gasteiger partial charge in [-0.15, -0.1) is 0 Å². The average molecular weight is 236 g/mol. The van der Waals surface area contributed by atoms with Crippen molar-refractivity contribution in [2.24, 2.45) is 0 Å². The number of nitrogens with zero attached hydrogens (tertiary/aromatic N) is 1. The van der Waals surface area contributed by atoms with Gasteiger partial charge in [-0.25, -0.2) is 4.39 Å². The number of nitrogens with one attached hydrogen (secondary N) is 1. The molecule has 94 valence electrons. The second-order valence-electron chi connectivity index (χ2n) is 4.74. The summed E-state index contributed by atoms with van der Waals surface area (Å²) in [6, 6.07) is 7.63. The molecule has 0 amide bonds. The Morgan fingerprint density at radius 2 is 2.24 bits per heavy atom. The molecule has 3 heteroatoms. The molecule has 0 aliphatic carbocycles. The third-order valence-electron chi connectivity index (χ3n) is 3.41. The molecule has 1 heterocycles. The van der Waals surface area contributed by atoms with E-state index in [9.17, 15) is 4.39 Å². The Bertz CT molecular complexity index is 354. The van der Waals surface area contributed by atoms with E-state index >= 15 is 0 Å². The first-order valence-corrected chi connectivity index (χ1v) is 6.48. The van der Waals surface area contributed by atoms with E-state index in [4.69, 9.17) is 0 Å². The van der Waals surface area contributed by atoms with Gasteiger partial charge in [0.1, 0.15) is 5.82 Å². The van der Waals surface area contributed by atoms with Gasteiger partial charge in [-0.3, -0.25) is 4.90 Å². The summed E-state index contributed by atoms with van der Waals surface area (Å²) in [6.45, 7) is 6.07. The van der Waals surface area contributed by atoms with E-state index in [-0.39, 0.29) is 5.82 Å². The van der Waals surface area contributed by atoms with E-state index in [0.29, 0.717) is 6.04 Å². The zero-order valence-corrected chi connectivity index (χ0v) is 10.5. The van der Waals surface area contributed by atoms with Crippen LogP contribution < -0.4 is 5.32 Å². The summed E-state index contributed by atoms with van der Waals surface area (Å²) in [4.78, 5) is 2.35. The van der Waals surface area contributed by atoms with Gasteiger partial charge in [-0.05, 0) is 32.0 Å². The SMILES string of the molecule is CCC1CN(Cc2ccccc2F)CCCN1. The fourth-order valence-electron chi connectivity index (χ4n) is 2.36. The summed E-state index contributed by atoms with van der Waals surface area (Å²) < 4.78 is 13.6. The molecular formula is C14H21FN2. The van der Waals surface area contributed by atoms with Crippen LogP contribution in [-0.2, 0) is 6.54 Å². The van der Waals surface area contributed by atoms with Crippen LogP contribution in [0.4, 0.5) is 4.39 Å². The van der Waals surface area contributed by atoms with Crippen LogP contribution in [0.2, 0.25) is 0 Å². The highest BCUT2D eigenvalue weighted by atomic mass is 19.1. The highest BCUT2D eigenvalue weighted by molar-refractivity contribution is 5.17. The second kappa shape index (κ2) is 6.12. The lowest BCUT2D eigenvalue weighted by Crippen LogP contribution is -2.36. The largest absolute Gasteiger partial charge is 0.313 e. The number of hydrogen-bond acceptors (Lipinski definition) is 2. The fraction of sp³-hybridized carbons (Fsp3) is 0.571. The first-order valence-electron chi connectivity index (χ1n) is 6.48. The molecule has 1 N–H and O–H groups in total. The molecule has 0 saturated carbocycles. The monoisotopic (exact) mass is 236 g/mol. The number of rotatable bonds is 3. The van der Waals surface area contributed by atoms with Gasteiger partial charge in [-0.1, -0.05) is 25.1 Å². The van der Waals surface area contributed by atoms with E-state index in [1.165, 1.54) is 0 Å². The summed E-state index contributed by atoms with van der Waals surface area (Å²) in [6.07, 6.45) is 2.28. The van der Waals surface area contributed by atoms with Gasteiger partial charge in [-0.2, -0.15) is 0 Å². The maximum Gasteiger partial charge on any atom is 0.127 e. The van der Waals surface area contributed by atoms with Crippen molar-refractivity contribution in [3.8, 4) is 0 Å². The van der Waals surface area contributed by atoms with Crippen molar-refractivity contribution in [1.82, 2.24) is 10.2 Å². The number of halogens is 1. The minimum absolute atomic E-state index is 0.0854. The van der Waals surface area contributed by atoms with Crippen molar-refractivity contribution < 1.29 is 4.39 Å². The van der Waals surface area contributed by atoms with Crippen LogP contribution in [0.25, 0.3) is 0 Å². The smallest absolute Gasteiger partial charge is 0.127 e. The summed E-state index contributed by atoms with van der Waals surface area (Å²) in [5.41, 5.74) is 0.809. The van der Waals surface area contributed by atoms with Crippen LogP contribution in [0, 0.1) is 5.82 Å². The standard InChI is InChI=1S/C14H21FN2/c1-2-13-11-17(9-5-8-16-13)10-12-6-3-4-7-14(12)15/h3-4,6-7,13,16H,2,5,8-11H2,1H3. The number of hydrogen-bond donors (Lipinski definition) is 1. The average Bonchev–Trinajstić information content (AvgIpc) is 2.57. The first-order chi connectivity index (χ1) is 8.29. The molecule has 0 spiro atoms. The van der Waals surface area contributed by atoms with Crippen LogP contribution in [-0.4, -0.2) is 30.6 Å². The Hall–Kier alpha value is -0.930. The van der Waals surface area contributed by atoms with Crippen molar-refractivity contribution in [3.05, 3.63) is 35.6 Å². The molecule has 1 saturated heterocycles. The van der Waals surface area contributed by atoms with Gasteiger partial charge in [0.05, 0.1) is 0 Å². The lowest BCUT2D eigenvalue weighted by Gasteiger charge is -2.23.